The Bertz CT molecular complexity index is 1100. The number of rotatable bonds is 5. The van der Waals surface area contributed by atoms with Crippen LogP contribution in [0, 0.1) is 5.92 Å². The number of Topliss-reactive ketones (excluding diaryl/α,β-unsaturated/α-hetero) is 1. The molecule has 1 aliphatic carbocycles. The van der Waals surface area contributed by atoms with Crippen molar-refractivity contribution in [1.29, 1.82) is 0 Å². The van der Waals surface area contributed by atoms with E-state index in [1.807, 2.05) is 49.4 Å². The number of carbonyl (C=O) groups is 2. The summed E-state index contributed by atoms with van der Waals surface area (Å²) >= 11 is 0. The van der Waals surface area contributed by atoms with Crippen LogP contribution in [0.4, 0.5) is 0 Å². The maximum absolute atomic E-state index is 13.5. The van der Waals surface area contributed by atoms with E-state index in [1.54, 1.807) is 20.3 Å². The molecule has 32 heavy (non-hydrogen) atoms. The molecule has 0 amide bonds. The highest BCUT2D eigenvalue weighted by atomic mass is 16.5. The third-order valence-corrected chi connectivity index (χ3v) is 6.38. The van der Waals surface area contributed by atoms with Crippen LogP contribution in [-0.4, -0.2) is 38.8 Å². The van der Waals surface area contributed by atoms with Gasteiger partial charge in [-0.1, -0.05) is 36.4 Å². The Kier molecular flexibility index (Phi) is 6.12. The molecule has 2 aromatic carbocycles. The SMILES string of the molecule is COC(=O)C1C(C)=NC2=C(C(=O)C[C@H](c3ccccc3)C2)[C@@H]1c1ccc(OC)c(OC)c1. The molecule has 0 saturated heterocycles. The number of aliphatic imine (C=N–C) groups is 1. The van der Waals surface area contributed by atoms with E-state index in [2.05, 4.69) is 0 Å². The summed E-state index contributed by atoms with van der Waals surface area (Å²) < 4.78 is 16.0. The number of benzene rings is 2. The van der Waals surface area contributed by atoms with Gasteiger partial charge in [-0.2, -0.15) is 0 Å². The maximum Gasteiger partial charge on any atom is 0.315 e. The largest absolute Gasteiger partial charge is 0.493 e. The van der Waals surface area contributed by atoms with Crippen LogP contribution in [0.1, 0.15) is 42.7 Å². The minimum absolute atomic E-state index is 0.0186. The molecular formula is C26H27NO5. The minimum Gasteiger partial charge on any atom is -0.493 e. The molecule has 0 aromatic heterocycles. The highest BCUT2D eigenvalue weighted by Gasteiger charge is 2.44. The second kappa shape index (κ2) is 8.99. The number of ketones is 1. The fourth-order valence-electron chi connectivity index (χ4n) is 4.86. The van der Waals surface area contributed by atoms with Crippen LogP contribution in [0.15, 0.2) is 64.8 Å². The molecule has 1 aliphatic heterocycles. The highest BCUT2D eigenvalue weighted by Crippen LogP contribution is 2.47. The summed E-state index contributed by atoms with van der Waals surface area (Å²) in [6, 6.07) is 15.5. The number of methoxy groups -OCH3 is 3. The molecule has 2 aliphatic rings. The van der Waals surface area contributed by atoms with E-state index >= 15 is 0 Å². The topological polar surface area (TPSA) is 74.2 Å². The zero-order valence-corrected chi connectivity index (χ0v) is 18.8. The third kappa shape index (κ3) is 3.81. The lowest BCUT2D eigenvalue weighted by Crippen LogP contribution is -2.37. The average molecular weight is 434 g/mol. The molecule has 3 atom stereocenters. The number of nitrogens with zero attached hydrogens (tertiary/aromatic N) is 1. The third-order valence-electron chi connectivity index (χ3n) is 6.38. The van der Waals surface area contributed by atoms with Gasteiger partial charge in [-0.25, -0.2) is 0 Å². The van der Waals surface area contributed by atoms with Crippen molar-refractivity contribution >= 4 is 17.5 Å². The molecule has 0 radical (unpaired) electrons. The van der Waals surface area contributed by atoms with Gasteiger partial charge in [0.2, 0.25) is 0 Å². The molecule has 2 aromatic rings. The van der Waals surface area contributed by atoms with Gasteiger partial charge in [0.1, 0.15) is 5.92 Å². The number of esters is 1. The Labute approximate surface area is 187 Å². The predicted molar refractivity (Wildman–Crippen MR) is 121 cm³/mol. The molecule has 0 bridgehead atoms. The van der Waals surface area contributed by atoms with Crippen molar-refractivity contribution in [3.63, 3.8) is 0 Å². The van der Waals surface area contributed by atoms with E-state index in [4.69, 9.17) is 19.2 Å². The van der Waals surface area contributed by atoms with Gasteiger partial charge in [-0.3, -0.25) is 14.6 Å². The van der Waals surface area contributed by atoms with E-state index in [0.717, 1.165) is 16.8 Å². The predicted octanol–water partition coefficient (Wildman–Crippen LogP) is 4.45. The molecule has 0 N–H and O–H groups in total. The van der Waals surface area contributed by atoms with Gasteiger partial charge >= 0.3 is 5.97 Å². The van der Waals surface area contributed by atoms with Gasteiger partial charge in [-0.15, -0.1) is 0 Å². The lowest BCUT2D eigenvalue weighted by atomic mass is 9.69. The Morgan fingerprint density at radius 3 is 2.31 bits per heavy atom. The molecule has 0 fully saturated rings. The van der Waals surface area contributed by atoms with E-state index in [-0.39, 0.29) is 11.7 Å². The molecule has 0 saturated carbocycles. The first-order chi connectivity index (χ1) is 15.5. The molecule has 1 heterocycles. The summed E-state index contributed by atoms with van der Waals surface area (Å²) in [4.78, 5) is 31.1. The standard InChI is InChI=1S/C26H27NO5/c1-15-23(26(29)32-4)24(17-10-11-21(30-2)22(14-17)31-3)25-19(27-15)12-18(13-20(25)28)16-8-6-5-7-9-16/h5-11,14,18,23-24H,12-13H2,1-4H3/t18-,23?,24-/m1/s1. The summed E-state index contributed by atoms with van der Waals surface area (Å²) in [6.45, 7) is 1.83. The van der Waals surface area contributed by atoms with Crippen molar-refractivity contribution in [3.05, 3.63) is 70.9 Å². The summed E-state index contributed by atoms with van der Waals surface area (Å²) in [5, 5.41) is 0. The van der Waals surface area contributed by atoms with Crippen LogP contribution in [0.5, 0.6) is 11.5 Å². The summed E-state index contributed by atoms with van der Waals surface area (Å²) in [7, 11) is 4.49. The molecular weight excluding hydrogens is 406 g/mol. The van der Waals surface area contributed by atoms with Crippen molar-refractivity contribution in [3.8, 4) is 11.5 Å². The quantitative estimate of drug-likeness (QED) is 0.651. The summed E-state index contributed by atoms with van der Waals surface area (Å²) in [5.74, 6) is -0.352. The van der Waals surface area contributed by atoms with Gasteiger partial charge in [0.05, 0.1) is 21.3 Å². The fraction of sp³-hybridized carbons (Fsp3) is 0.346. The zero-order chi connectivity index (χ0) is 22.8. The van der Waals surface area contributed by atoms with Crippen LogP contribution in [0.25, 0.3) is 0 Å². The zero-order valence-electron chi connectivity index (χ0n) is 18.8. The second-order valence-corrected chi connectivity index (χ2v) is 8.15. The van der Waals surface area contributed by atoms with E-state index in [0.29, 0.717) is 35.6 Å². The number of hydrogen-bond acceptors (Lipinski definition) is 6. The van der Waals surface area contributed by atoms with Crippen molar-refractivity contribution in [2.75, 3.05) is 21.3 Å². The normalized spacial score (nSPS) is 22.7. The first-order valence-electron chi connectivity index (χ1n) is 10.6. The number of hydrogen-bond donors (Lipinski definition) is 0. The maximum atomic E-state index is 13.5. The first kappa shape index (κ1) is 21.8. The Morgan fingerprint density at radius 2 is 1.66 bits per heavy atom. The molecule has 4 rings (SSSR count). The average Bonchev–Trinajstić information content (AvgIpc) is 2.82. The van der Waals surface area contributed by atoms with Gasteiger partial charge in [0.15, 0.2) is 17.3 Å². The minimum atomic E-state index is -0.672. The van der Waals surface area contributed by atoms with E-state index in [1.165, 1.54) is 7.11 Å². The molecule has 166 valence electrons. The summed E-state index contributed by atoms with van der Waals surface area (Å²) in [5.41, 5.74) is 3.93. The fourth-order valence-corrected chi connectivity index (χ4v) is 4.86. The molecule has 6 nitrogen and oxygen atoms in total. The number of allylic oxidation sites excluding steroid dienone is 2. The van der Waals surface area contributed by atoms with Gasteiger partial charge in [-0.05, 0) is 42.5 Å². The van der Waals surface area contributed by atoms with Gasteiger partial charge < -0.3 is 14.2 Å². The number of carbonyl (C=O) groups excluding carboxylic acids is 2. The Balaban J connectivity index is 1.84. The Hall–Kier alpha value is -3.41. The first-order valence-corrected chi connectivity index (χ1v) is 10.6. The molecule has 1 unspecified atom stereocenters. The van der Waals surface area contributed by atoms with Crippen LogP contribution in [0.2, 0.25) is 0 Å². The van der Waals surface area contributed by atoms with Crippen molar-refractivity contribution in [2.24, 2.45) is 10.9 Å². The smallest absolute Gasteiger partial charge is 0.315 e. The van der Waals surface area contributed by atoms with Crippen LogP contribution < -0.4 is 9.47 Å². The van der Waals surface area contributed by atoms with Gasteiger partial charge in [0.25, 0.3) is 0 Å². The van der Waals surface area contributed by atoms with Crippen LogP contribution in [-0.2, 0) is 14.3 Å². The van der Waals surface area contributed by atoms with E-state index in [9.17, 15) is 9.59 Å². The van der Waals surface area contributed by atoms with Crippen molar-refractivity contribution < 1.29 is 23.8 Å². The monoisotopic (exact) mass is 433 g/mol. The second-order valence-electron chi connectivity index (χ2n) is 8.15. The lowest BCUT2D eigenvalue weighted by molar-refractivity contribution is -0.143. The lowest BCUT2D eigenvalue weighted by Gasteiger charge is -2.36. The highest BCUT2D eigenvalue weighted by molar-refractivity contribution is 6.09. The number of ether oxygens (including phenoxy) is 3. The molecule has 6 heteroatoms. The molecule has 0 spiro atoms. The van der Waals surface area contributed by atoms with E-state index < -0.39 is 17.8 Å². The van der Waals surface area contributed by atoms with Crippen molar-refractivity contribution in [2.45, 2.75) is 31.6 Å². The Morgan fingerprint density at radius 1 is 0.938 bits per heavy atom. The van der Waals surface area contributed by atoms with Crippen molar-refractivity contribution in [1.82, 2.24) is 0 Å². The summed E-state index contributed by atoms with van der Waals surface area (Å²) in [6.07, 6.45) is 1.04. The van der Waals surface area contributed by atoms with Crippen LogP contribution in [0.3, 0.4) is 0 Å². The van der Waals surface area contributed by atoms with Crippen LogP contribution >= 0.6 is 0 Å². The van der Waals surface area contributed by atoms with Gasteiger partial charge in [0, 0.05) is 29.3 Å².